The van der Waals surface area contributed by atoms with Crippen LogP contribution in [-0.2, 0) is 4.79 Å². The van der Waals surface area contributed by atoms with Crippen LogP contribution in [0.25, 0.3) is 0 Å². The number of hydrogen-bond acceptors (Lipinski definition) is 3. The first-order chi connectivity index (χ1) is 10.0. The van der Waals surface area contributed by atoms with Crippen molar-refractivity contribution in [1.29, 1.82) is 0 Å². The molecule has 0 saturated carbocycles. The Labute approximate surface area is 127 Å². The Balaban J connectivity index is 2.32. The zero-order chi connectivity index (χ0) is 15.7. The molecule has 0 radical (unpaired) electrons. The lowest BCUT2D eigenvalue weighted by Crippen LogP contribution is -2.32. The van der Waals surface area contributed by atoms with Crippen LogP contribution in [0.4, 0.5) is 0 Å². The first-order valence-corrected chi connectivity index (χ1v) is 7.62. The van der Waals surface area contributed by atoms with Gasteiger partial charge in [-0.1, -0.05) is 24.6 Å². The molecule has 0 bridgehead atoms. The summed E-state index contributed by atoms with van der Waals surface area (Å²) in [6, 6.07) is 5.83. The van der Waals surface area contributed by atoms with Crippen molar-refractivity contribution in [2.45, 2.75) is 40.0 Å². The van der Waals surface area contributed by atoms with Gasteiger partial charge >= 0.3 is 0 Å². The Morgan fingerprint density at radius 3 is 2.52 bits per heavy atom. The smallest absolute Gasteiger partial charge is 0.220 e. The summed E-state index contributed by atoms with van der Waals surface area (Å²) in [6.45, 7) is 8.32. The monoisotopic (exact) mass is 290 g/mol. The number of rotatable bonds is 9. The topological polar surface area (TPSA) is 58.2 Å². The van der Waals surface area contributed by atoms with Gasteiger partial charge in [-0.2, -0.15) is 0 Å². The molecule has 1 amide bonds. The normalized spacial score (nSPS) is 10.4. The van der Waals surface area contributed by atoms with Crippen LogP contribution < -0.4 is 10.6 Å². The molecule has 0 fully saturated rings. The quantitative estimate of drug-likeness (QED) is 0.542. The van der Waals surface area contributed by atoms with E-state index in [0.29, 0.717) is 6.54 Å². The van der Waals surface area contributed by atoms with Crippen molar-refractivity contribution in [2.24, 2.45) is 0 Å². The van der Waals surface area contributed by atoms with Crippen molar-refractivity contribution in [2.75, 3.05) is 19.6 Å². The summed E-state index contributed by atoms with van der Waals surface area (Å²) in [5.41, 5.74) is 2.76. The Morgan fingerprint density at radius 2 is 1.81 bits per heavy atom. The van der Waals surface area contributed by atoms with Crippen molar-refractivity contribution in [3.8, 4) is 0 Å². The molecule has 0 aliphatic heterocycles. The number of carbonyl (C=O) groups is 2. The molecule has 0 heterocycles. The van der Waals surface area contributed by atoms with Gasteiger partial charge in [0.05, 0.1) is 0 Å². The van der Waals surface area contributed by atoms with E-state index in [4.69, 9.17) is 0 Å². The minimum atomic E-state index is -0.0630. The lowest BCUT2D eigenvalue weighted by atomic mass is 9.99. The van der Waals surface area contributed by atoms with Gasteiger partial charge in [0.1, 0.15) is 0 Å². The summed E-state index contributed by atoms with van der Waals surface area (Å²) < 4.78 is 0. The standard InChI is InChI=1S/C17H26N2O2/c1-4-9-18-10-11-19-17(21)8-7-16(20)15-12-13(2)5-6-14(15)3/h5-6,12,18H,4,7-11H2,1-3H3,(H,19,21). The molecule has 4 heteroatoms. The van der Waals surface area contributed by atoms with Gasteiger partial charge in [0, 0.05) is 31.5 Å². The predicted octanol–water partition coefficient (Wildman–Crippen LogP) is 2.38. The van der Waals surface area contributed by atoms with Crippen molar-refractivity contribution >= 4 is 11.7 Å². The van der Waals surface area contributed by atoms with Gasteiger partial charge in [-0.15, -0.1) is 0 Å². The molecule has 0 saturated heterocycles. The zero-order valence-electron chi connectivity index (χ0n) is 13.3. The molecular formula is C17H26N2O2. The number of carbonyl (C=O) groups excluding carboxylic acids is 2. The molecule has 1 rings (SSSR count). The maximum absolute atomic E-state index is 12.1. The average Bonchev–Trinajstić information content (AvgIpc) is 2.47. The van der Waals surface area contributed by atoms with Crippen LogP contribution in [0.3, 0.4) is 0 Å². The van der Waals surface area contributed by atoms with Crippen LogP contribution in [0, 0.1) is 13.8 Å². The van der Waals surface area contributed by atoms with Crippen LogP contribution in [0.5, 0.6) is 0 Å². The highest BCUT2D eigenvalue weighted by Gasteiger charge is 2.11. The van der Waals surface area contributed by atoms with E-state index in [1.54, 1.807) is 0 Å². The van der Waals surface area contributed by atoms with E-state index >= 15 is 0 Å². The van der Waals surface area contributed by atoms with Gasteiger partial charge < -0.3 is 10.6 Å². The lowest BCUT2D eigenvalue weighted by molar-refractivity contribution is -0.121. The number of benzene rings is 1. The fourth-order valence-corrected chi connectivity index (χ4v) is 2.08. The van der Waals surface area contributed by atoms with Crippen LogP contribution in [-0.4, -0.2) is 31.3 Å². The molecule has 21 heavy (non-hydrogen) atoms. The first-order valence-electron chi connectivity index (χ1n) is 7.62. The second-order valence-corrected chi connectivity index (χ2v) is 5.34. The summed E-state index contributed by atoms with van der Waals surface area (Å²) in [4.78, 5) is 23.8. The van der Waals surface area contributed by atoms with E-state index < -0.39 is 0 Å². The number of Topliss-reactive ketones (excluding diaryl/α,β-unsaturated/α-hetero) is 1. The average molecular weight is 290 g/mol. The molecule has 0 aliphatic carbocycles. The number of ketones is 1. The molecule has 0 spiro atoms. The Kier molecular flexibility index (Phi) is 7.69. The molecule has 4 nitrogen and oxygen atoms in total. The fourth-order valence-electron chi connectivity index (χ4n) is 2.08. The van der Waals surface area contributed by atoms with E-state index in [2.05, 4.69) is 17.6 Å². The minimum Gasteiger partial charge on any atom is -0.355 e. The maximum Gasteiger partial charge on any atom is 0.220 e. The zero-order valence-corrected chi connectivity index (χ0v) is 13.3. The van der Waals surface area contributed by atoms with Crippen LogP contribution in [0.2, 0.25) is 0 Å². The summed E-state index contributed by atoms with van der Waals surface area (Å²) in [5.74, 6) is -0.0255. The summed E-state index contributed by atoms with van der Waals surface area (Å²) >= 11 is 0. The minimum absolute atomic E-state index is 0.0375. The SMILES string of the molecule is CCCNCCNC(=O)CCC(=O)c1cc(C)ccc1C. The molecule has 0 unspecified atom stereocenters. The predicted molar refractivity (Wildman–Crippen MR) is 85.7 cm³/mol. The van der Waals surface area contributed by atoms with Gasteiger partial charge in [-0.3, -0.25) is 9.59 Å². The molecule has 1 aromatic carbocycles. The van der Waals surface area contributed by atoms with Gasteiger partial charge in [0.25, 0.3) is 0 Å². The Morgan fingerprint density at radius 1 is 1.05 bits per heavy atom. The van der Waals surface area contributed by atoms with Gasteiger partial charge in [0.2, 0.25) is 5.91 Å². The maximum atomic E-state index is 12.1. The summed E-state index contributed by atoms with van der Waals surface area (Å²) in [7, 11) is 0. The van der Waals surface area contributed by atoms with Crippen molar-refractivity contribution in [3.63, 3.8) is 0 Å². The second kappa shape index (κ2) is 9.29. The lowest BCUT2D eigenvalue weighted by Gasteiger charge is -2.08. The first kappa shape index (κ1) is 17.4. The molecule has 2 N–H and O–H groups in total. The second-order valence-electron chi connectivity index (χ2n) is 5.34. The number of nitrogens with one attached hydrogen (secondary N) is 2. The van der Waals surface area contributed by atoms with Gasteiger partial charge in [-0.05, 0) is 38.4 Å². The summed E-state index contributed by atoms with van der Waals surface area (Å²) in [6.07, 6.45) is 1.59. The largest absolute Gasteiger partial charge is 0.355 e. The Bertz CT molecular complexity index is 484. The molecule has 116 valence electrons. The van der Waals surface area contributed by atoms with Crippen molar-refractivity contribution in [1.82, 2.24) is 10.6 Å². The third kappa shape index (κ3) is 6.54. The van der Waals surface area contributed by atoms with E-state index in [1.165, 1.54) is 0 Å². The van der Waals surface area contributed by atoms with E-state index in [9.17, 15) is 9.59 Å². The van der Waals surface area contributed by atoms with Crippen LogP contribution in [0.1, 0.15) is 47.7 Å². The van der Waals surface area contributed by atoms with Crippen molar-refractivity contribution in [3.05, 3.63) is 34.9 Å². The number of amides is 1. The highest BCUT2D eigenvalue weighted by Crippen LogP contribution is 2.13. The van der Waals surface area contributed by atoms with E-state index in [1.807, 2.05) is 32.0 Å². The molecular weight excluding hydrogens is 264 g/mol. The van der Waals surface area contributed by atoms with Crippen LogP contribution >= 0.6 is 0 Å². The summed E-state index contributed by atoms with van der Waals surface area (Å²) in [5, 5.41) is 6.03. The molecule has 0 aliphatic rings. The molecule has 0 atom stereocenters. The fraction of sp³-hybridized carbons (Fsp3) is 0.529. The highest BCUT2D eigenvalue weighted by molar-refractivity contribution is 5.99. The van der Waals surface area contributed by atoms with E-state index in [0.717, 1.165) is 36.2 Å². The number of hydrogen-bond donors (Lipinski definition) is 2. The third-order valence-corrected chi connectivity index (χ3v) is 3.32. The molecule has 0 aromatic heterocycles. The third-order valence-electron chi connectivity index (χ3n) is 3.32. The van der Waals surface area contributed by atoms with Crippen LogP contribution in [0.15, 0.2) is 18.2 Å². The number of aryl methyl sites for hydroxylation is 2. The highest BCUT2D eigenvalue weighted by atomic mass is 16.2. The molecule has 1 aromatic rings. The Hall–Kier alpha value is -1.68. The van der Waals surface area contributed by atoms with Crippen molar-refractivity contribution < 1.29 is 9.59 Å². The van der Waals surface area contributed by atoms with E-state index in [-0.39, 0.29) is 24.5 Å². The van der Waals surface area contributed by atoms with Gasteiger partial charge in [-0.25, -0.2) is 0 Å². The van der Waals surface area contributed by atoms with Gasteiger partial charge in [0.15, 0.2) is 5.78 Å².